The number of aryl methyl sites for hydroxylation is 1. The van der Waals surface area contributed by atoms with E-state index in [1.807, 2.05) is 55.6 Å². The maximum atomic E-state index is 6.27. The lowest BCUT2D eigenvalue weighted by molar-refractivity contribution is 0.818. The van der Waals surface area contributed by atoms with Crippen molar-refractivity contribution in [3.8, 4) is 0 Å². The van der Waals surface area contributed by atoms with Gasteiger partial charge in [-0.25, -0.2) is 0 Å². The first-order valence-electron chi connectivity index (χ1n) is 6.28. The molecule has 0 bridgehead atoms. The van der Waals surface area contributed by atoms with Gasteiger partial charge in [0.1, 0.15) is 0 Å². The fraction of sp³-hybridized carbons (Fsp3) is 0.125. The Balaban J connectivity index is 2.04. The van der Waals surface area contributed by atoms with Gasteiger partial charge in [-0.1, -0.05) is 24.3 Å². The molecule has 0 saturated carbocycles. The van der Waals surface area contributed by atoms with Gasteiger partial charge in [-0.2, -0.15) is 0 Å². The first-order chi connectivity index (χ1) is 9.24. The average Bonchev–Trinajstić information content (AvgIpc) is 2.46. The summed E-state index contributed by atoms with van der Waals surface area (Å²) >= 11 is 0. The first kappa shape index (κ1) is 11.8. The lowest BCUT2D eigenvalue weighted by atomic mass is 10.0. The number of benzene rings is 1. The van der Waals surface area contributed by atoms with Crippen molar-refractivity contribution in [3.05, 3.63) is 71.7 Å². The molecule has 94 valence electrons. The second-order valence-electron chi connectivity index (χ2n) is 4.64. The number of pyridine rings is 2. The lowest BCUT2D eigenvalue weighted by Crippen LogP contribution is -2.14. The van der Waals surface area contributed by atoms with E-state index in [0.29, 0.717) is 0 Å². The molecule has 0 aliphatic heterocycles. The lowest BCUT2D eigenvalue weighted by Gasteiger charge is -2.12. The number of para-hydroxylation sites is 1. The predicted octanol–water partition coefficient (Wildman–Crippen LogP) is 2.99. The number of nitrogens with zero attached hydrogens (tertiary/aromatic N) is 2. The van der Waals surface area contributed by atoms with Crippen molar-refractivity contribution < 1.29 is 0 Å². The highest BCUT2D eigenvalue weighted by Crippen LogP contribution is 2.21. The van der Waals surface area contributed by atoms with Crippen LogP contribution in [0.5, 0.6) is 0 Å². The third-order valence-corrected chi connectivity index (χ3v) is 3.20. The summed E-state index contributed by atoms with van der Waals surface area (Å²) in [5.41, 5.74) is 10.1. The van der Waals surface area contributed by atoms with Gasteiger partial charge in [-0.15, -0.1) is 0 Å². The van der Waals surface area contributed by atoms with Crippen molar-refractivity contribution in [2.45, 2.75) is 13.0 Å². The molecule has 0 aliphatic rings. The van der Waals surface area contributed by atoms with Gasteiger partial charge in [0.15, 0.2) is 0 Å². The molecule has 2 aromatic heterocycles. The van der Waals surface area contributed by atoms with Crippen molar-refractivity contribution in [3.63, 3.8) is 0 Å². The fourth-order valence-electron chi connectivity index (χ4n) is 2.17. The molecule has 0 spiro atoms. The Bertz CT molecular complexity index is 722. The molecule has 1 unspecified atom stereocenters. The summed E-state index contributed by atoms with van der Waals surface area (Å²) < 4.78 is 0. The van der Waals surface area contributed by atoms with Gasteiger partial charge >= 0.3 is 0 Å². The molecule has 0 aliphatic carbocycles. The zero-order chi connectivity index (χ0) is 13.2. The van der Waals surface area contributed by atoms with Crippen molar-refractivity contribution in [1.29, 1.82) is 0 Å². The maximum absolute atomic E-state index is 6.27. The SMILES string of the molecule is Cc1cccc(C(N)c2cnc3ccccc3c2)n1. The zero-order valence-corrected chi connectivity index (χ0v) is 10.7. The van der Waals surface area contributed by atoms with Gasteiger partial charge in [-0.05, 0) is 36.8 Å². The number of rotatable bonds is 2. The van der Waals surface area contributed by atoms with Crippen LogP contribution in [0, 0.1) is 6.92 Å². The molecule has 2 heterocycles. The highest BCUT2D eigenvalue weighted by molar-refractivity contribution is 5.78. The molecule has 3 heteroatoms. The molecule has 3 nitrogen and oxygen atoms in total. The summed E-state index contributed by atoms with van der Waals surface area (Å²) in [5.74, 6) is 0. The van der Waals surface area contributed by atoms with Crippen LogP contribution in [0.15, 0.2) is 54.7 Å². The Hall–Kier alpha value is -2.26. The average molecular weight is 249 g/mol. The van der Waals surface area contributed by atoms with E-state index in [4.69, 9.17) is 5.73 Å². The number of nitrogens with two attached hydrogens (primary N) is 1. The molecule has 0 saturated heterocycles. The molecule has 19 heavy (non-hydrogen) atoms. The predicted molar refractivity (Wildman–Crippen MR) is 76.7 cm³/mol. The van der Waals surface area contributed by atoms with Crippen LogP contribution in [-0.2, 0) is 0 Å². The van der Waals surface area contributed by atoms with Crippen LogP contribution in [-0.4, -0.2) is 9.97 Å². The highest BCUT2D eigenvalue weighted by Gasteiger charge is 2.11. The van der Waals surface area contributed by atoms with E-state index in [1.165, 1.54) is 0 Å². The zero-order valence-electron chi connectivity index (χ0n) is 10.7. The van der Waals surface area contributed by atoms with Gasteiger partial charge in [0.25, 0.3) is 0 Å². The Kier molecular flexibility index (Phi) is 2.97. The van der Waals surface area contributed by atoms with E-state index in [1.54, 1.807) is 0 Å². The second-order valence-corrected chi connectivity index (χ2v) is 4.64. The molecular weight excluding hydrogens is 234 g/mol. The minimum atomic E-state index is -0.239. The van der Waals surface area contributed by atoms with Gasteiger partial charge < -0.3 is 5.73 Å². The highest BCUT2D eigenvalue weighted by atomic mass is 14.8. The van der Waals surface area contributed by atoms with Crippen LogP contribution in [0.25, 0.3) is 10.9 Å². The van der Waals surface area contributed by atoms with Crippen molar-refractivity contribution >= 4 is 10.9 Å². The molecule has 0 radical (unpaired) electrons. The van der Waals surface area contributed by atoms with Crippen molar-refractivity contribution in [2.24, 2.45) is 5.73 Å². The Morgan fingerprint density at radius 3 is 2.74 bits per heavy atom. The van der Waals surface area contributed by atoms with E-state index in [9.17, 15) is 0 Å². The fourth-order valence-corrected chi connectivity index (χ4v) is 2.17. The second kappa shape index (κ2) is 4.78. The van der Waals surface area contributed by atoms with Crippen molar-refractivity contribution in [1.82, 2.24) is 9.97 Å². The van der Waals surface area contributed by atoms with Crippen LogP contribution < -0.4 is 5.73 Å². The van der Waals surface area contributed by atoms with E-state index >= 15 is 0 Å². The maximum Gasteiger partial charge on any atom is 0.0741 e. The van der Waals surface area contributed by atoms with E-state index in [0.717, 1.165) is 27.9 Å². The third-order valence-electron chi connectivity index (χ3n) is 3.20. The third kappa shape index (κ3) is 2.33. The Morgan fingerprint density at radius 1 is 1.05 bits per heavy atom. The van der Waals surface area contributed by atoms with Gasteiger partial charge in [0.2, 0.25) is 0 Å². The summed E-state index contributed by atoms with van der Waals surface area (Å²) in [6.07, 6.45) is 1.83. The molecular formula is C16H15N3. The molecule has 3 rings (SSSR count). The molecule has 0 fully saturated rings. The number of hydrogen-bond acceptors (Lipinski definition) is 3. The van der Waals surface area contributed by atoms with Crippen LogP contribution in [0.1, 0.15) is 23.0 Å². The largest absolute Gasteiger partial charge is 0.319 e. The minimum absolute atomic E-state index is 0.239. The van der Waals surface area contributed by atoms with Crippen LogP contribution in [0.2, 0.25) is 0 Å². The van der Waals surface area contributed by atoms with Crippen LogP contribution in [0.4, 0.5) is 0 Å². The van der Waals surface area contributed by atoms with Gasteiger partial charge in [-0.3, -0.25) is 9.97 Å². The molecule has 2 N–H and O–H groups in total. The topological polar surface area (TPSA) is 51.8 Å². The molecule has 1 aromatic carbocycles. The number of aromatic nitrogens is 2. The quantitative estimate of drug-likeness (QED) is 0.759. The molecule has 0 amide bonds. The Labute approximate surface area is 112 Å². The van der Waals surface area contributed by atoms with E-state index in [-0.39, 0.29) is 6.04 Å². The summed E-state index contributed by atoms with van der Waals surface area (Å²) in [5, 5.41) is 1.10. The number of hydrogen-bond donors (Lipinski definition) is 1. The molecule has 1 atom stereocenters. The molecule has 3 aromatic rings. The Morgan fingerprint density at radius 2 is 1.89 bits per heavy atom. The van der Waals surface area contributed by atoms with Crippen LogP contribution >= 0.6 is 0 Å². The van der Waals surface area contributed by atoms with Crippen LogP contribution in [0.3, 0.4) is 0 Å². The summed E-state index contributed by atoms with van der Waals surface area (Å²) in [7, 11) is 0. The summed E-state index contributed by atoms with van der Waals surface area (Å²) in [6.45, 7) is 1.97. The standard InChI is InChI=1S/C16H15N3/c1-11-5-4-8-15(19-11)16(17)13-9-12-6-2-3-7-14(12)18-10-13/h2-10,16H,17H2,1H3. The first-order valence-corrected chi connectivity index (χ1v) is 6.28. The minimum Gasteiger partial charge on any atom is -0.319 e. The van der Waals surface area contributed by atoms with E-state index < -0.39 is 0 Å². The monoisotopic (exact) mass is 249 g/mol. The van der Waals surface area contributed by atoms with Gasteiger partial charge in [0, 0.05) is 17.3 Å². The smallest absolute Gasteiger partial charge is 0.0741 e. The normalized spacial score (nSPS) is 12.5. The van der Waals surface area contributed by atoms with Crippen molar-refractivity contribution in [2.75, 3.05) is 0 Å². The van der Waals surface area contributed by atoms with Gasteiger partial charge in [0.05, 0.1) is 17.3 Å². The number of fused-ring (bicyclic) bond motifs is 1. The summed E-state index contributed by atoms with van der Waals surface area (Å²) in [4.78, 5) is 8.92. The van der Waals surface area contributed by atoms with E-state index in [2.05, 4.69) is 16.0 Å². The summed E-state index contributed by atoms with van der Waals surface area (Å²) in [6, 6.07) is 15.8.